The molecule has 0 aromatic heterocycles. The van der Waals surface area contributed by atoms with Gasteiger partial charge in [-0.2, -0.15) is 0 Å². The molecule has 1 aliphatic heterocycles. The molecular formula is C15H20O. The fourth-order valence-electron chi connectivity index (χ4n) is 2.22. The van der Waals surface area contributed by atoms with Crippen LogP contribution in [0, 0.1) is 19.8 Å². The van der Waals surface area contributed by atoms with Crippen molar-refractivity contribution in [3.8, 4) is 0 Å². The van der Waals surface area contributed by atoms with E-state index in [0.717, 1.165) is 18.8 Å². The van der Waals surface area contributed by atoms with Gasteiger partial charge in [0.15, 0.2) is 0 Å². The molecule has 1 aromatic rings. The highest BCUT2D eigenvalue weighted by Gasteiger charge is 2.16. The summed E-state index contributed by atoms with van der Waals surface area (Å²) >= 11 is 0. The summed E-state index contributed by atoms with van der Waals surface area (Å²) in [5, 5.41) is 0. The Hall–Kier alpha value is -1.24. The van der Waals surface area contributed by atoms with Crippen molar-refractivity contribution in [2.75, 3.05) is 0 Å². The maximum Gasteiger partial charge on any atom is 0.113 e. The molecule has 0 bridgehead atoms. The summed E-state index contributed by atoms with van der Waals surface area (Å²) in [5.74, 6) is 1.66. The first-order valence-electron chi connectivity index (χ1n) is 6.06. The molecule has 1 heterocycles. The smallest absolute Gasteiger partial charge is 0.113 e. The van der Waals surface area contributed by atoms with E-state index in [-0.39, 0.29) is 0 Å². The Bertz CT molecular complexity index is 429. The zero-order valence-corrected chi connectivity index (χ0v) is 10.6. The number of rotatable bonds is 2. The fraction of sp³-hybridized carbons (Fsp3) is 0.467. The molecule has 1 aliphatic rings. The Morgan fingerprint density at radius 3 is 2.75 bits per heavy atom. The van der Waals surface area contributed by atoms with Gasteiger partial charge in [-0.15, -0.1) is 0 Å². The van der Waals surface area contributed by atoms with E-state index in [9.17, 15) is 0 Å². The van der Waals surface area contributed by atoms with Crippen molar-refractivity contribution in [1.29, 1.82) is 0 Å². The predicted molar refractivity (Wildman–Crippen MR) is 68.1 cm³/mol. The SMILES string of the molecule is CCC(C)C1=Cc2c(C)cc(C)cc2CO1. The van der Waals surface area contributed by atoms with E-state index in [1.807, 2.05) is 0 Å². The van der Waals surface area contributed by atoms with Gasteiger partial charge in [0, 0.05) is 5.92 Å². The largest absolute Gasteiger partial charge is 0.493 e. The summed E-state index contributed by atoms with van der Waals surface area (Å²) in [5.41, 5.74) is 5.37. The lowest BCUT2D eigenvalue weighted by atomic mass is 9.94. The van der Waals surface area contributed by atoms with Gasteiger partial charge in [0.1, 0.15) is 6.61 Å². The zero-order chi connectivity index (χ0) is 11.7. The summed E-state index contributed by atoms with van der Waals surface area (Å²) in [6.07, 6.45) is 3.36. The highest BCUT2D eigenvalue weighted by Crippen LogP contribution is 2.30. The normalized spacial score (nSPS) is 16.1. The van der Waals surface area contributed by atoms with Gasteiger partial charge in [0.05, 0.1) is 5.76 Å². The standard InChI is InChI=1S/C15H20O/c1-5-11(3)15-8-14-12(4)6-10(2)7-13(14)9-16-15/h6-8,11H,5,9H2,1-4H3. The van der Waals surface area contributed by atoms with Gasteiger partial charge < -0.3 is 4.74 Å². The Morgan fingerprint density at radius 2 is 2.06 bits per heavy atom. The highest BCUT2D eigenvalue weighted by molar-refractivity contribution is 5.61. The number of allylic oxidation sites excluding steroid dienone is 1. The van der Waals surface area contributed by atoms with E-state index in [1.165, 1.54) is 22.3 Å². The lowest BCUT2D eigenvalue weighted by Gasteiger charge is -2.23. The van der Waals surface area contributed by atoms with E-state index >= 15 is 0 Å². The molecule has 2 rings (SSSR count). The van der Waals surface area contributed by atoms with Crippen LogP contribution in [-0.4, -0.2) is 0 Å². The molecule has 0 radical (unpaired) electrons. The van der Waals surface area contributed by atoms with Crippen molar-refractivity contribution in [2.24, 2.45) is 5.92 Å². The average molecular weight is 216 g/mol. The first-order valence-corrected chi connectivity index (χ1v) is 6.06. The van der Waals surface area contributed by atoms with E-state index in [2.05, 4.69) is 45.9 Å². The lowest BCUT2D eigenvalue weighted by molar-refractivity contribution is 0.166. The van der Waals surface area contributed by atoms with Gasteiger partial charge in [0.25, 0.3) is 0 Å². The Balaban J connectivity index is 2.43. The quantitative estimate of drug-likeness (QED) is 0.719. The van der Waals surface area contributed by atoms with Crippen LogP contribution >= 0.6 is 0 Å². The van der Waals surface area contributed by atoms with E-state index in [0.29, 0.717) is 5.92 Å². The summed E-state index contributed by atoms with van der Waals surface area (Å²) < 4.78 is 5.83. The van der Waals surface area contributed by atoms with Crippen LogP contribution in [0.25, 0.3) is 6.08 Å². The van der Waals surface area contributed by atoms with Gasteiger partial charge in [-0.1, -0.05) is 31.5 Å². The second kappa shape index (κ2) is 4.32. The van der Waals surface area contributed by atoms with Gasteiger partial charge in [-0.25, -0.2) is 0 Å². The third-order valence-electron chi connectivity index (χ3n) is 3.40. The molecule has 0 saturated heterocycles. The first-order chi connectivity index (χ1) is 7.61. The molecule has 0 amide bonds. The maximum atomic E-state index is 5.83. The third-order valence-corrected chi connectivity index (χ3v) is 3.40. The minimum absolute atomic E-state index is 0.522. The molecule has 1 nitrogen and oxygen atoms in total. The molecule has 1 unspecified atom stereocenters. The predicted octanol–water partition coefficient (Wildman–Crippen LogP) is 4.22. The molecule has 0 spiro atoms. The number of ether oxygens (including phenoxy) is 1. The number of aryl methyl sites for hydroxylation is 2. The van der Waals surface area contributed by atoms with Crippen LogP contribution in [0.5, 0.6) is 0 Å². The Morgan fingerprint density at radius 1 is 1.31 bits per heavy atom. The van der Waals surface area contributed by atoms with Crippen LogP contribution in [0.15, 0.2) is 17.9 Å². The molecule has 1 heteroatoms. The topological polar surface area (TPSA) is 9.23 Å². The summed E-state index contributed by atoms with van der Waals surface area (Å²) in [4.78, 5) is 0. The number of fused-ring (bicyclic) bond motifs is 1. The van der Waals surface area contributed by atoms with Crippen molar-refractivity contribution in [3.05, 3.63) is 40.1 Å². The average Bonchev–Trinajstić information content (AvgIpc) is 2.27. The highest BCUT2D eigenvalue weighted by atomic mass is 16.5. The van der Waals surface area contributed by atoms with Crippen LogP contribution in [0.2, 0.25) is 0 Å². The molecule has 0 fully saturated rings. The Labute approximate surface area is 98.1 Å². The number of benzene rings is 1. The second-order valence-electron chi connectivity index (χ2n) is 4.80. The summed E-state index contributed by atoms with van der Waals surface area (Å²) in [7, 11) is 0. The van der Waals surface area contributed by atoms with Crippen LogP contribution in [-0.2, 0) is 11.3 Å². The summed E-state index contributed by atoms with van der Waals surface area (Å²) in [6.45, 7) is 9.48. The minimum Gasteiger partial charge on any atom is -0.493 e. The van der Waals surface area contributed by atoms with Crippen LogP contribution < -0.4 is 0 Å². The molecule has 16 heavy (non-hydrogen) atoms. The number of hydrogen-bond acceptors (Lipinski definition) is 1. The molecule has 0 aliphatic carbocycles. The first kappa shape index (κ1) is 11.3. The van der Waals surface area contributed by atoms with Crippen molar-refractivity contribution in [3.63, 3.8) is 0 Å². The van der Waals surface area contributed by atoms with Gasteiger partial charge >= 0.3 is 0 Å². The Kier molecular flexibility index (Phi) is 3.04. The van der Waals surface area contributed by atoms with Crippen molar-refractivity contribution in [1.82, 2.24) is 0 Å². The molecule has 1 aromatic carbocycles. The third kappa shape index (κ3) is 1.99. The van der Waals surface area contributed by atoms with E-state index < -0.39 is 0 Å². The maximum absolute atomic E-state index is 5.83. The molecular weight excluding hydrogens is 196 g/mol. The molecule has 0 N–H and O–H groups in total. The van der Waals surface area contributed by atoms with Crippen LogP contribution in [0.1, 0.15) is 42.5 Å². The van der Waals surface area contributed by atoms with Gasteiger partial charge in [-0.3, -0.25) is 0 Å². The van der Waals surface area contributed by atoms with Crippen LogP contribution in [0.4, 0.5) is 0 Å². The van der Waals surface area contributed by atoms with Crippen LogP contribution in [0.3, 0.4) is 0 Å². The fourth-order valence-corrected chi connectivity index (χ4v) is 2.22. The monoisotopic (exact) mass is 216 g/mol. The zero-order valence-electron chi connectivity index (χ0n) is 10.6. The van der Waals surface area contributed by atoms with E-state index in [1.54, 1.807) is 0 Å². The summed E-state index contributed by atoms with van der Waals surface area (Å²) in [6, 6.07) is 4.47. The molecule has 1 atom stereocenters. The van der Waals surface area contributed by atoms with Gasteiger partial charge in [0.2, 0.25) is 0 Å². The van der Waals surface area contributed by atoms with Gasteiger partial charge in [-0.05, 0) is 43.0 Å². The minimum atomic E-state index is 0.522. The lowest BCUT2D eigenvalue weighted by Crippen LogP contribution is -2.09. The molecule has 0 saturated carbocycles. The van der Waals surface area contributed by atoms with Crippen molar-refractivity contribution in [2.45, 2.75) is 40.7 Å². The van der Waals surface area contributed by atoms with Crippen molar-refractivity contribution >= 4 is 6.08 Å². The second-order valence-corrected chi connectivity index (χ2v) is 4.80. The van der Waals surface area contributed by atoms with E-state index in [4.69, 9.17) is 4.74 Å². The number of hydrogen-bond donors (Lipinski definition) is 0. The molecule has 86 valence electrons. The van der Waals surface area contributed by atoms with Crippen molar-refractivity contribution < 1.29 is 4.74 Å².